The minimum absolute atomic E-state index is 0. The number of rotatable bonds is 5. The first-order chi connectivity index (χ1) is 11.1. The van der Waals surface area contributed by atoms with Crippen molar-refractivity contribution in [2.75, 3.05) is 54.4 Å². The van der Waals surface area contributed by atoms with Crippen LogP contribution in [0.4, 0.5) is 0 Å². The van der Waals surface area contributed by atoms with Crippen LogP contribution < -0.4 is 15.4 Å². The smallest absolute Gasteiger partial charge is 0.191 e. The first-order valence-corrected chi connectivity index (χ1v) is 8.08. The summed E-state index contributed by atoms with van der Waals surface area (Å²) in [6, 6.07) is 8.57. The van der Waals surface area contributed by atoms with Crippen LogP contribution in [0.5, 0.6) is 5.75 Å². The van der Waals surface area contributed by atoms with Gasteiger partial charge in [-0.2, -0.15) is 0 Å². The number of aliphatic imine (C=N–C) groups is 1. The molecule has 2 rings (SSSR count). The highest BCUT2D eigenvalue weighted by molar-refractivity contribution is 14.0. The molecule has 0 saturated carbocycles. The number of methoxy groups -OCH3 is 1. The second-order valence-electron chi connectivity index (χ2n) is 6.05. The van der Waals surface area contributed by atoms with Crippen molar-refractivity contribution >= 4 is 29.9 Å². The molecule has 1 aromatic rings. The first-order valence-electron chi connectivity index (χ1n) is 8.08. The van der Waals surface area contributed by atoms with Crippen molar-refractivity contribution < 1.29 is 4.74 Å². The molecule has 0 amide bonds. The normalized spacial score (nSPS) is 19.5. The van der Waals surface area contributed by atoms with Crippen LogP contribution in [-0.2, 0) is 6.54 Å². The van der Waals surface area contributed by atoms with Gasteiger partial charge in [0.2, 0.25) is 0 Å². The summed E-state index contributed by atoms with van der Waals surface area (Å²) in [7, 11) is 7.85. The molecule has 24 heavy (non-hydrogen) atoms. The zero-order valence-corrected chi connectivity index (χ0v) is 17.4. The molecule has 136 valence electrons. The second-order valence-corrected chi connectivity index (χ2v) is 6.05. The Morgan fingerprint density at radius 1 is 1.21 bits per heavy atom. The molecule has 1 heterocycles. The first kappa shape index (κ1) is 21.0. The summed E-state index contributed by atoms with van der Waals surface area (Å²) in [6.07, 6.45) is 0. The standard InChI is InChI=1S/C17H29N5O.HI/c1-18-17(19-11-14-5-7-16(23-4)8-6-14)20-12-15-13-21(2)9-10-22(15)3;/h5-8,15H,9-13H2,1-4H3,(H2,18,19,20);1H. The van der Waals surface area contributed by atoms with E-state index in [0.29, 0.717) is 6.04 Å². The zero-order valence-electron chi connectivity index (χ0n) is 15.1. The molecule has 0 radical (unpaired) electrons. The summed E-state index contributed by atoms with van der Waals surface area (Å²) in [4.78, 5) is 9.08. The average Bonchev–Trinajstić information content (AvgIpc) is 2.58. The van der Waals surface area contributed by atoms with E-state index in [1.807, 2.05) is 12.1 Å². The minimum Gasteiger partial charge on any atom is -0.497 e. The topological polar surface area (TPSA) is 52.1 Å². The zero-order chi connectivity index (χ0) is 16.7. The van der Waals surface area contributed by atoms with Crippen molar-refractivity contribution in [3.63, 3.8) is 0 Å². The molecule has 1 saturated heterocycles. The SMILES string of the molecule is CN=C(NCc1ccc(OC)cc1)NCC1CN(C)CCN1C.I. The fraction of sp³-hybridized carbons (Fsp3) is 0.588. The van der Waals surface area contributed by atoms with Crippen LogP contribution in [0.15, 0.2) is 29.3 Å². The summed E-state index contributed by atoms with van der Waals surface area (Å²) in [5.41, 5.74) is 1.20. The van der Waals surface area contributed by atoms with Gasteiger partial charge in [0, 0.05) is 45.8 Å². The number of nitrogens with zero attached hydrogens (tertiary/aromatic N) is 3. The molecule has 0 bridgehead atoms. The van der Waals surface area contributed by atoms with Gasteiger partial charge in [0.15, 0.2) is 5.96 Å². The van der Waals surface area contributed by atoms with Crippen molar-refractivity contribution in [2.24, 2.45) is 4.99 Å². The summed E-state index contributed by atoms with van der Waals surface area (Å²) in [6.45, 7) is 4.96. The summed E-state index contributed by atoms with van der Waals surface area (Å²) >= 11 is 0. The predicted molar refractivity (Wildman–Crippen MR) is 111 cm³/mol. The largest absolute Gasteiger partial charge is 0.497 e. The summed E-state index contributed by atoms with van der Waals surface area (Å²) in [5.74, 6) is 1.71. The maximum Gasteiger partial charge on any atom is 0.191 e. The summed E-state index contributed by atoms with van der Waals surface area (Å²) < 4.78 is 5.18. The van der Waals surface area contributed by atoms with Gasteiger partial charge in [-0.3, -0.25) is 9.89 Å². The van der Waals surface area contributed by atoms with E-state index in [9.17, 15) is 0 Å². The lowest BCUT2D eigenvalue weighted by atomic mass is 10.2. The quantitative estimate of drug-likeness (QED) is 0.404. The van der Waals surface area contributed by atoms with E-state index in [2.05, 4.69) is 51.7 Å². The highest BCUT2D eigenvalue weighted by Gasteiger charge is 2.21. The Bertz CT molecular complexity index is 508. The highest BCUT2D eigenvalue weighted by atomic mass is 127. The highest BCUT2D eigenvalue weighted by Crippen LogP contribution is 2.10. The molecule has 0 aliphatic carbocycles. The lowest BCUT2D eigenvalue weighted by Gasteiger charge is -2.37. The lowest BCUT2D eigenvalue weighted by molar-refractivity contribution is 0.116. The Kier molecular flexibility index (Phi) is 9.38. The third-order valence-electron chi connectivity index (χ3n) is 4.33. The molecule has 0 spiro atoms. The van der Waals surface area contributed by atoms with Gasteiger partial charge in [0.25, 0.3) is 0 Å². The van der Waals surface area contributed by atoms with Crippen LogP contribution >= 0.6 is 24.0 Å². The van der Waals surface area contributed by atoms with Crippen molar-refractivity contribution in [3.05, 3.63) is 29.8 Å². The van der Waals surface area contributed by atoms with Crippen molar-refractivity contribution in [1.29, 1.82) is 0 Å². The molecule has 1 aliphatic heterocycles. The van der Waals surface area contributed by atoms with Crippen LogP contribution in [0.3, 0.4) is 0 Å². The molecule has 1 fully saturated rings. The Labute approximate surface area is 162 Å². The minimum atomic E-state index is 0. The summed E-state index contributed by atoms with van der Waals surface area (Å²) in [5, 5.41) is 6.78. The van der Waals surface area contributed by atoms with Gasteiger partial charge in [0.1, 0.15) is 5.75 Å². The van der Waals surface area contributed by atoms with Gasteiger partial charge in [-0.15, -0.1) is 24.0 Å². The monoisotopic (exact) mass is 447 g/mol. The number of ether oxygens (including phenoxy) is 1. The van der Waals surface area contributed by atoms with Gasteiger partial charge >= 0.3 is 0 Å². The van der Waals surface area contributed by atoms with E-state index < -0.39 is 0 Å². The van der Waals surface area contributed by atoms with E-state index in [-0.39, 0.29) is 24.0 Å². The molecule has 0 aromatic heterocycles. The fourth-order valence-electron chi connectivity index (χ4n) is 2.69. The number of hydrogen-bond acceptors (Lipinski definition) is 4. The lowest BCUT2D eigenvalue weighted by Crippen LogP contribution is -2.55. The predicted octanol–water partition coefficient (Wildman–Crippen LogP) is 1.22. The maximum atomic E-state index is 5.18. The number of guanidine groups is 1. The molecule has 6 nitrogen and oxygen atoms in total. The molecular formula is C17H30IN5O. The van der Waals surface area contributed by atoms with E-state index in [4.69, 9.17) is 4.74 Å². The molecule has 1 unspecified atom stereocenters. The number of hydrogen-bond donors (Lipinski definition) is 2. The van der Waals surface area contributed by atoms with E-state index >= 15 is 0 Å². The number of nitrogens with one attached hydrogen (secondary N) is 2. The van der Waals surface area contributed by atoms with E-state index in [1.165, 1.54) is 5.56 Å². The molecule has 1 aliphatic rings. The van der Waals surface area contributed by atoms with Crippen LogP contribution in [-0.4, -0.2) is 76.2 Å². The Morgan fingerprint density at radius 3 is 2.54 bits per heavy atom. The fourth-order valence-corrected chi connectivity index (χ4v) is 2.69. The van der Waals surface area contributed by atoms with Gasteiger partial charge in [-0.1, -0.05) is 12.1 Å². The number of likely N-dealkylation sites (N-methyl/N-ethyl adjacent to an activating group) is 2. The van der Waals surface area contributed by atoms with Crippen LogP contribution in [0.25, 0.3) is 0 Å². The number of halogens is 1. The average molecular weight is 447 g/mol. The molecular weight excluding hydrogens is 417 g/mol. The second kappa shape index (κ2) is 10.7. The third-order valence-corrected chi connectivity index (χ3v) is 4.33. The van der Waals surface area contributed by atoms with E-state index in [0.717, 1.165) is 44.4 Å². The van der Waals surface area contributed by atoms with Crippen molar-refractivity contribution in [2.45, 2.75) is 12.6 Å². The number of piperazine rings is 1. The Balaban J connectivity index is 0.00000288. The third kappa shape index (κ3) is 6.45. The molecule has 7 heteroatoms. The molecule has 1 atom stereocenters. The van der Waals surface area contributed by atoms with Crippen molar-refractivity contribution in [3.8, 4) is 5.75 Å². The van der Waals surface area contributed by atoms with E-state index in [1.54, 1.807) is 14.2 Å². The van der Waals surface area contributed by atoms with Crippen molar-refractivity contribution in [1.82, 2.24) is 20.4 Å². The molecule has 1 aromatic carbocycles. The van der Waals surface area contributed by atoms with Gasteiger partial charge in [0.05, 0.1) is 7.11 Å². The van der Waals surface area contributed by atoms with Crippen LogP contribution in [0.2, 0.25) is 0 Å². The van der Waals surface area contributed by atoms with Crippen LogP contribution in [0, 0.1) is 0 Å². The Morgan fingerprint density at radius 2 is 1.92 bits per heavy atom. The number of benzene rings is 1. The Hall–Kier alpha value is -1.06. The van der Waals surface area contributed by atoms with Gasteiger partial charge < -0.3 is 20.3 Å². The van der Waals surface area contributed by atoms with Gasteiger partial charge in [-0.05, 0) is 31.8 Å². The van der Waals surface area contributed by atoms with Crippen LogP contribution in [0.1, 0.15) is 5.56 Å². The maximum absolute atomic E-state index is 5.18. The van der Waals surface area contributed by atoms with Gasteiger partial charge in [-0.25, -0.2) is 0 Å². The molecule has 2 N–H and O–H groups in total.